The van der Waals surface area contributed by atoms with Crippen LogP contribution < -0.4 is 5.32 Å². The van der Waals surface area contributed by atoms with Crippen molar-refractivity contribution in [2.24, 2.45) is 0 Å². The number of carbonyl (C=O) groups excluding carboxylic acids is 1. The highest BCUT2D eigenvalue weighted by atomic mass is 16.3. The highest BCUT2D eigenvalue weighted by molar-refractivity contribution is 5.77. The van der Waals surface area contributed by atoms with Crippen molar-refractivity contribution in [1.82, 2.24) is 5.32 Å². The van der Waals surface area contributed by atoms with Crippen molar-refractivity contribution in [2.45, 2.75) is 69.9 Å². The fraction of sp³-hybridized carbons (Fsp3) is 0.611. The largest absolute Gasteiger partial charge is 0.508 e. The average Bonchev–Trinajstić information content (AvgIpc) is 2.46. The molecular weight excluding hydrogens is 278 g/mol. The van der Waals surface area contributed by atoms with Crippen LogP contribution in [0, 0.1) is 0 Å². The third kappa shape index (κ3) is 5.34. The number of benzene rings is 1. The first-order valence-corrected chi connectivity index (χ1v) is 8.26. The number of rotatable bonds is 6. The molecule has 1 aromatic carbocycles. The lowest BCUT2D eigenvalue weighted by Crippen LogP contribution is -2.41. The summed E-state index contributed by atoms with van der Waals surface area (Å²) < 4.78 is 0. The molecule has 4 nitrogen and oxygen atoms in total. The fourth-order valence-corrected chi connectivity index (χ4v) is 3.13. The number of nitrogens with one attached hydrogen (secondary N) is 1. The minimum atomic E-state index is -0.793. The molecule has 0 saturated heterocycles. The van der Waals surface area contributed by atoms with Gasteiger partial charge in [0, 0.05) is 6.04 Å². The second-order valence-electron chi connectivity index (χ2n) is 6.64. The molecule has 4 heteroatoms. The van der Waals surface area contributed by atoms with Crippen LogP contribution in [0.1, 0.15) is 57.4 Å². The lowest BCUT2D eigenvalue weighted by atomic mass is 9.82. The van der Waals surface area contributed by atoms with Gasteiger partial charge in [0.15, 0.2) is 0 Å². The first-order chi connectivity index (χ1) is 10.5. The number of aryl methyl sites for hydroxylation is 1. The molecule has 1 aliphatic carbocycles. The van der Waals surface area contributed by atoms with Gasteiger partial charge >= 0.3 is 0 Å². The Balaban J connectivity index is 1.72. The number of phenols is 1. The minimum absolute atomic E-state index is 0.0531. The average molecular weight is 305 g/mol. The van der Waals surface area contributed by atoms with E-state index < -0.39 is 5.60 Å². The number of hydrogen-bond donors (Lipinski definition) is 3. The number of carbonyl (C=O) groups is 1. The maximum atomic E-state index is 12.1. The normalized spacial score (nSPS) is 18.6. The Morgan fingerprint density at radius 1 is 1.23 bits per heavy atom. The molecule has 1 saturated carbocycles. The van der Waals surface area contributed by atoms with Gasteiger partial charge in [-0.15, -0.1) is 0 Å². The summed E-state index contributed by atoms with van der Waals surface area (Å²) in [6, 6.07) is 7.23. The predicted octanol–water partition coefficient (Wildman–Crippen LogP) is 2.91. The molecule has 1 unspecified atom stereocenters. The summed E-state index contributed by atoms with van der Waals surface area (Å²) in [4.78, 5) is 12.1. The summed E-state index contributed by atoms with van der Waals surface area (Å²) in [6.07, 6.45) is 6.58. The summed E-state index contributed by atoms with van der Waals surface area (Å²) in [6.45, 7) is 1.99. The third-order valence-electron chi connectivity index (χ3n) is 4.48. The van der Waals surface area contributed by atoms with E-state index in [4.69, 9.17) is 0 Å². The number of aliphatic hydroxyl groups is 1. The Labute approximate surface area is 132 Å². The van der Waals surface area contributed by atoms with E-state index in [2.05, 4.69) is 5.32 Å². The first-order valence-electron chi connectivity index (χ1n) is 8.26. The molecule has 1 atom stereocenters. The van der Waals surface area contributed by atoms with Gasteiger partial charge in [0.2, 0.25) is 5.91 Å². The van der Waals surface area contributed by atoms with Gasteiger partial charge < -0.3 is 15.5 Å². The van der Waals surface area contributed by atoms with Gasteiger partial charge in [0.25, 0.3) is 0 Å². The third-order valence-corrected chi connectivity index (χ3v) is 4.48. The number of phenolic OH excluding ortho intramolecular Hbond substituents is 1. The monoisotopic (exact) mass is 305 g/mol. The molecule has 3 N–H and O–H groups in total. The Morgan fingerprint density at radius 3 is 2.50 bits per heavy atom. The van der Waals surface area contributed by atoms with Crippen molar-refractivity contribution >= 4 is 5.91 Å². The standard InChI is InChI=1S/C18H27NO3/c1-14(5-6-15-7-9-16(20)10-8-15)19-17(21)13-18(22)11-3-2-4-12-18/h7-10,14,20,22H,2-6,11-13H2,1H3,(H,19,21). The summed E-state index contributed by atoms with van der Waals surface area (Å²) in [5.41, 5.74) is 0.351. The summed E-state index contributed by atoms with van der Waals surface area (Å²) in [7, 11) is 0. The SMILES string of the molecule is CC(CCc1ccc(O)cc1)NC(=O)CC1(O)CCCCC1. The van der Waals surface area contributed by atoms with Crippen LogP contribution >= 0.6 is 0 Å². The van der Waals surface area contributed by atoms with E-state index in [9.17, 15) is 15.0 Å². The second-order valence-corrected chi connectivity index (χ2v) is 6.64. The van der Waals surface area contributed by atoms with Gasteiger partial charge in [-0.25, -0.2) is 0 Å². The van der Waals surface area contributed by atoms with Gasteiger partial charge in [0.05, 0.1) is 12.0 Å². The van der Waals surface area contributed by atoms with Gasteiger partial charge in [-0.1, -0.05) is 31.4 Å². The van der Waals surface area contributed by atoms with Crippen molar-refractivity contribution in [2.75, 3.05) is 0 Å². The van der Waals surface area contributed by atoms with E-state index in [1.54, 1.807) is 12.1 Å². The van der Waals surface area contributed by atoms with Crippen molar-refractivity contribution < 1.29 is 15.0 Å². The van der Waals surface area contributed by atoms with Gasteiger partial charge in [-0.3, -0.25) is 4.79 Å². The van der Waals surface area contributed by atoms with Crippen LogP contribution in [0.3, 0.4) is 0 Å². The van der Waals surface area contributed by atoms with Gasteiger partial charge in [-0.05, 0) is 50.3 Å². The fourth-order valence-electron chi connectivity index (χ4n) is 3.13. The molecule has 0 bridgehead atoms. The van der Waals surface area contributed by atoms with Gasteiger partial charge in [-0.2, -0.15) is 0 Å². The number of amides is 1. The Kier molecular flexibility index (Phi) is 5.83. The van der Waals surface area contributed by atoms with Crippen LogP contribution in [-0.4, -0.2) is 27.8 Å². The maximum Gasteiger partial charge on any atom is 0.223 e. The minimum Gasteiger partial charge on any atom is -0.508 e. The molecule has 1 aliphatic rings. The van der Waals surface area contributed by atoms with E-state index in [0.717, 1.165) is 50.5 Å². The van der Waals surface area contributed by atoms with Crippen molar-refractivity contribution in [1.29, 1.82) is 0 Å². The Bertz CT molecular complexity index is 478. The molecule has 0 spiro atoms. The van der Waals surface area contributed by atoms with Crippen LogP contribution in [0.5, 0.6) is 5.75 Å². The summed E-state index contributed by atoms with van der Waals surface area (Å²) >= 11 is 0. The molecular formula is C18H27NO3. The Morgan fingerprint density at radius 2 is 1.86 bits per heavy atom. The zero-order valence-electron chi connectivity index (χ0n) is 13.3. The molecule has 2 rings (SSSR count). The quantitative estimate of drug-likeness (QED) is 0.757. The topological polar surface area (TPSA) is 69.6 Å². The lowest BCUT2D eigenvalue weighted by Gasteiger charge is -2.31. The molecule has 122 valence electrons. The molecule has 1 fully saturated rings. The van der Waals surface area contributed by atoms with E-state index in [1.165, 1.54) is 0 Å². The molecule has 0 aliphatic heterocycles. The van der Waals surface area contributed by atoms with Crippen molar-refractivity contribution in [3.8, 4) is 5.75 Å². The lowest BCUT2D eigenvalue weighted by molar-refractivity contribution is -0.128. The van der Waals surface area contributed by atoms with Crippen LogP contribution in [-0.2, 0) is 11.2 Å². The predicted molar refractivity (Wildman–Crippen MR) is 86.7 cm³/mol. The zero-order chi connectivity index (χ0) is 16.0. The van der Waals surface area contributed by atoms with Crippen LogP contribution in [0.15, 0.2) is 24.3 Å². The van der Waals surface area contributed by atoms with Crippen molar-refractivity contribution in [3.63, 3.8) is 0 Å². The molecule has 0 aromatic heterocycles. The maximum absolute atomic E-state index is 12.1. The van der Waals surface area contributed by atoms with E-state index in [1.807, 2.05) is 19.1 Å². The smallest absolute Gasteiger partial charge is 0.223 e. The number of aromatic hydroxyl groups is 1. The zero-order valence-corrected chi connectivity index (χ0v) is 13.3. The Hall–Kier alpha value is -1.55. The molecule has 0 radical (unpaired) electrons. The van der Waals surface area contributed by atoms with Gasteiger partial charge in [0.1, 0.15) is 5.75 Å². The molecule has 22 heavy (non-hydrogen) atoms. The first kappa shape index (κ1) is 16.8. The van der Waals surface area contributed by atoms with E-state index >= 15 is 0 Å². The van der Waals surface area contributed by atoms with Crippen LogP contribution in [0.2, 0.25) is 0 Å². The highest BCUT2D eigenvalue weighted by Crippen LogP contribution is 2.30. The number of hydrogen-bond acceptors (Lipinski definition) is 3. The van der Waals surface area contributed by atoms with Crippen molar-refractivity contribution in [3.05, 3.63) is 29.8 Å². The summed E-state index contributed by atoms with van der Waals surface area (Å²) in [5, 5.41) is 22.6. The summed E-state index contributed by atoms with van der Waals surface area (Å²) in [5.74, 6) is 0.216. The molecule has 1 amide bonds. The highest BCUT2D eigenvalue weighted by Gasteiger charge is 2.31. The van der Waals surface area contributed by atoms with Crippen LogP contribution in [0.25, 0.3) is 0 Å². The molecule has 1 aromatic rings. The second kappa shape index (κ2) is 7.63. The molecule has 0 heterocycles. The van der Waals surface area contributed by atoms with E-state index in [0.29, 0.717) is 0 Å². The van der Waals surface area contributed by atoms with E-state index in [-0.39, 0.29) is 24.1 Å². The van der Waals surface area contributed by atoms with Crippen LogP contribution in [0.4, 0.5) is 0 Å².